The maximum atomic E-state index is 5.49. The van der Waals surface area contributed by atoms with Crippen LogP contribution >= 0.6 is 12.2 Å². The van der Waals surface area contributed by atoms with Crippen LogP contribution in [0.3, 0.4) is 0 Å². The Labute approximate surface area is 187 Å². The van der Waals surface area contributed by atoms with Crippen molar-refractivity contribution in [2.45, 2.75) is 52.4 Å². The normalized spacial score (nSPS) is 14.3. The van der Waals surface area contributed by atoms with Gasteiger partial charge in [0.1, 0.15) is 5.82 Å². The minimum atomic E-state index is 0.682. The Hall–Kier alpha value is -1.92. The van der Waals surface area contributed by atoms with Crippen LogP contribution in [-0.2, 0) is 0 Å². The number of piperidine rings is 1. The second-order valence-corrected chi connectivity index (χ2v) is 8.88. The number of hydrogen-bond donors (Lipinski definition) is 2. The Kier molecular flexibility index (Phi) is 8.70. The summed E-state index contributed by atoms with van der Waals surface area (Å²) < 4.78 is 0. The molecule has 0 aliphatic carbocycles. The lowest BCUT2D eigenvalue weighted by molar-refractivity contribution is 0.324. The molecule has 1 aliphatic rings. The number of rotatable bonds is 9. The molecule has 2 heterocycles. The molecule has 0 amide bonds. The van der Waals surface area contributed by atoms with E-state index in [9.17, 15) is 0 Å². The molecule has 1 aromatic carbocycles. The molecule has 0 bridgehead atoms. The van der Waals surface area contributed by atoms with Gasteiger partial charge in [-0.3, -0.25) is 0 Å². The van der Waals surface area contributed by atoms with Crippen LogP contribution in [0.2, 0.25) is 0 Å². The van der Waals surface area contributed by atoms with Gasteiger partial charge in [0.25, 0.3) is 0 Å². The van der Waals surface area contributed by atoms with Crippen molar-refractivity contribution in [3.63, 3.8) is 0 Å². The molecule has 1 fully saturated rings. The molecule has 1 aliphatic heterocycles. The van der Waals surface area contributed by atoms with Gasteiger partial charge in [0.2, 0.25) is 0 Å². The highest BCUT2D eigenvalue weighted by Crippen LogP contribution is 2.26. The fraction of sp³-hybridized carbons (Fsp3) is 0.583. The number of unbranched alkanes of at least 4 members (excludes halogenated alkanes) is 1. The van der Waals surface area contributed by atoms with Crippen molar-refractivity contribution in [2.75, 3.05) is 50.0 Å². The van der Waals surface area contributed by atoms with E-state index in [-0.39, 0.29) is 0 Å². The first-order valence-corrected chi connectivity index (χ1v) is 11.9. The van der Waals surface area contributed by atoms with E-state index in [0.29, 0.717) is 5.11 Å². The molecule has 30 heavy (non-hydrogen) atoms. The Morgan fingerprint density at radius 2 is 1.90 bits per heavy atom. The predicted molar refractivity (Wildman–Crippen MR) is 134 cm³/mol. The number of nitrogens with one attached hydrogen (secondary N) is 2. The van der Waals surface area contributed by atoms with Crippen molar-refractivity contribution < 1.29 is 0 Å². The summed E-state index contributed by atoms with van der Waals surface area (Å²) in [5.74, 6) is 1.11. The summed E-state index contributed by atoms with van der Waals surface area (Å²) in [7, 11) is 2.19. The Bertz CT molecular complexity index is 832. The van der Waals surface area contributed by atoms with E-state index >= 15 is 0 Å². The minimum absolute atomic E-state index is 0.682. The van der Waals surface area contributed by atoms with E-state index < -0.39 is 0 Å². The first-order valence-electron chi connectivity index (χ1n) is 11.5. The van der Waals surface area contributed by atoms with Crippen LogP contribution in [0.5, 0.6) is 0 Å². The van der Waals surface area contributed by atoms with Gasteiger partial charge in [-0.1, -0.05) is 13.3 Å². The van der Waals surface area contributed by atoms with Crippen molar-refractivity contribution in [1.29, 1.82) is 0 Å². The lowest BCUT2D eigenvalue weighted by atomic mass is 10.1. The zero-order valence-corrected chi connectivity index (χ0v) is 19.7. The smallest absolute Gasteiger partial charge is 0.170 e. The third-order valence-electron chi connectivity index (χ3n) is 5.84. The van der Waals surface area contributed by atoms with Gasteiger partial charge in [-0.05, 0) is 101 Å². The Balaban J connectivity index is 1.53. The van der Waals surface area contributed by atoms with Gasteiger partial charge in [0.05, 0.1) is 5.52 Å². The molecule has 1 saturated heterocycles. The second kappa shape index (κ2) is 11.5. The quantitative estimate of drug-likeness (QED) is 0.436. The van der Waals surface area contributed by atoms with Gasteiger partial charge >= 0.3 is 0 Å². The fourth-order valence-electron chi connectivity index (χ4n) is 4.01. The molecule has 3 rings (SSSR count). The van der Waals surface area contributed by atoms with E-state index in [4.69, 9.17) is 17.2 Å². The van der Waals surface area contributed by atoms with Crippen molar-refractivity contribution >= 4 is 39.7 Å². The summed E-state index contributed by atoms with van der Waals surface area (Å²) in [6.45, 7) is 9.79. The summed E-state index contributed by atoms with van der Waals surface area (Å²) >= 11 is 5.49. The predicted octanol–water partition coefficient (Wildman–Crippen LogP) is 4.94. The summed E-state index contributed by atoms with van der Waals surface area (Å²) in [6.07, 6.45) is 7.46. The number of benzene rings is 1. The highest BCUT2D eigenvalue weighted by molar-refractivity contribution is 7.80. The zero-order valence-electron chi connectivity index (χ0n) is 18.8. The molecular formula is C24H37N5S. The molecule has 0 radical (unpaired) electrons. The van der Waals surface area contributed by atoms with Crippen LogP contribution < -0.4 is 15.5 Å². The number of pyridine rings is 1. The average molecular weight is 428 g/mol. The minimum Gasteiger partial charge on any atom is -0.362 e. The standard InChI is InChI=1S/C24H37N5S/c1-4-5-13-28(3)14-9-12-25-24(30)26-20-10-11-22-21(18-20)19(2)17-23(27-22)29-15-7-6-8-16-29/h10-11,17-18H,4-9,12-16H2,1-3H3,(H2,25,26,30). The number of nitrogens with zero attached hydrogens (tertiary/aromatic N) is 3. The molecule has 0 saturated carbocycles. The molecule has 2 N–H and O–H groups in total. The first-order chi connectivity index (χ1) is 14.6. The van der Waals surface area contributed by atoms with Gasteiger partial charge in [-0.15, -0.1) is 0 Å². The number of thiocarbonyl (C=S) groups is 1. The van der Waals surface area contributed by atoms with E-state index in [2.05, 4.69) is 65.6 Å². The SMILES string of the molecule is CCCCN(C)CCCNC(=S)Nc1ccc2nc(N3CCCCC3)cc(C)c2c1. The largest absolute Gasteiger partial charge is 0.362 e. The van der Waals surface area contributed by atoms with Crippen LogP contribution in [-0.4, -0.2) is 54.8 Å². The van der Waals surface area contributed by atoms with Gasteiger partial charge < -0.3 is 20.4 Å². The maximum Gasteiger partial charge on any atom is 0.170 e. The number of fused-ring (bicyclic) bond motifs is 1. The van der Waals surface area contributed by atoms with Gasteiger partial charge in [0, 0.05) is 30.7 Å². The molecule has 164 valence electrons. The fourth-order valence-corrected chi connectivity index (χ4v) is 4.23. The van der Waals surface area contributed by atoms with E-state index in [0.717, 1.165) is 49.6 Å². The van der Waals surface area contributed by atoms with Gasteiger partial charge in [-0.2, -0.15) is 0 Å². The van der Waals surface area contributed by atoms with Crippen LogP contribution in [0.15, 0.2) is 24.3 Å². The topological polar surface area (TPSA) is 43.4 Å². The van der Waals surface area contributed by atoms with Crippen molar-refractivity contribution in [3.8, 4) is 0 Å². The molecule has 1 aromatic heterocycles. The molecule has 0 atom stereocenters. The Morgan fingerprint density at radius 1 is 1.13 bits per heavy atom. The van der Waals surface area contributed by atoms with E-state index in [1.807, 2.05) is 0 Å². The van der Waals surface area contributed by atoms with Crippen LogP contribution in [0, 0.1) is 6.92 Å². The highest BCUT2D eigenvalue weighted by atomic mass is 32.1. The summed E-state index contributed by atoms with van der Waals surface area (Å²) in [5.41, 5.74) is 3.32. The molecule has 2 aromatic rings. The molecule has 0 spiro atoms. The number of anilines is 2. The molecule has 6 heteroatoms. The van der Waals surface area contributed by atoms with Crippen molar-refractivity contribution in [1.82, 2.24) is 15.2 Å². The third-order valence-corrected chi connectivity index (χ3v) is 6.08. The lowest BCUT2D eigenvalue weighted by Gasteiger charge is -2.28. The number of aromatic nitrogens is 1. The van der Waals surface area contributed by atoms with Crippen molar-refractivity contribution in [3.05, 3.63) is 29.8 Å². The van der Waals surface area contributed by atoms with E-state index in [1.165, 1.54) is 49.6 Å². The average Bonchev–Trinajstić information content (AvgIpc) is 2.76. The summed E-state index contributed by atoms with van der Waals surface area (Å²) in [5, 5.41) is 8.52. The van der Waals surface area contributed by atoms with Gasteiger partial charge in [-0.25, -0.2) is 4.98 Å². The van der Waals surface area contributed by atoms with Crippen LogP contribution in [0.25, 0.3) is 10.9 Å². The maximum absolute atomic E-state index is 5.49. The first kappa shape index (κ1) is 22.8. The van der Waals surface area contributed by atoms with Crippen LogP contribution in [0.4, 0.5) is 11.5 Å². The molecular weight excluding hydrogens is 390 g/mol. The summed E-state index contributed by atoms with van der Waals surface area (Å²) in [4.78, 5) is 9.73. The molecule has 5 nitrogen and oxygen atoms in total. The Morgan fingerprint density at radius 3 is 2.67 bits per heavy atom. The summed E-state index contributed by atoms with van der Waals surface area (Å²) in [6, 6.07) is 8.55. The monoisotopic (exact) mass is 427 g/mol. The number of aryl methyl sites for hydroxylation is 1. The second-order valence-electron chi connectivity index (χ2n) is 8.47. The third kappa shape index (κ3) is 6.54. The number of hydrogen-bond acceptors (Lipinski definition) is 4. The zero-order chi connectivity index (χ0) is 21.3. The van der Waals surface area contributed by atoms with Crippen LogP contribution in [0.1, 0.15) is 51.0 Å². The molecule has 0 unspecified atom stereocenters. The van der Waals surface area contributed by atoms with E-state index in [1.54, 1.807) is 0 Å². The van der Waals surface area contributed by atoms with Crippen molar-refractivity contribution in [2.24, 2.45) is 0 Å². The lowest BCUT2D eigenvalue weighted by Crippen LogP contribution is -2.31. The van der Waals surface area contributed by atoms with Gasteiger partial charge in [0.15, 0.2) is 5.11 Å². The highest BCUT2D eigenvalue weighted by Gasteiger charge is 2.14.